The van der Waals surface area contributed by atoms with Gasteiger partial charge in [0.1, 0.15) is 0 Å². The highest BCUT2D eigenvalue weighted by atomic mass is 32.2. The molecule has 0 spiro atoms. The molecule has 1 aliphatic rings. The van der Waals surface area contributed by atoms with E-state index in [4.69, 9.17) is 0 Å². The lowest BCUT2D eigenvalue weighted by Gasteiger charge is -2.19. The molecule has 1 N–H and O–H groups in total. The number of benzene rings is 1. The molecule has 1 saturated carbocycles. The molecule has 4 heteroatoms. The maximum atomic E-state index is 11.3. The van der Waals surface area contributed by atoms with E-state index in [0.717, 1.165) is 18.4 Å². The molecule has 0 amide bonds. The van der Waals surface area contributed by atoms with Gasteiger partial charge in [0.15, 0.2) is 9.84 Å². The van der Waals surface area contributed by atoms with Gasteiger partial charge in [0.2, 0.25) is 0 Å². The number of sulfone groups is 1. The van der Waals surface area contributed by atoms with Crippen LogP contribution < -0.4 is 0 Å². The monoisotopic (exact) mass is 240 g/mol. The van der Waals surface area contributed by atoms with Crippen molar-refractivity contribution >= 4 is 9.84 Å². The third-order valence-electron chi connectivity index (χ3n) is 3.45. The summed E-state index contributed by atoms with van der Waals surface area (Å²) in [5.41, 5.74) is 0.908. The lowest BCUT2D eigenvalue weighted by molar-refractivity contribution is 0.150. The number of aliphatic hydroxyl groups excluding tert-OH is 1. The smallest absolute Gasteiger partial charge is 0.175 e. The third kappa shape index (κ3) is 1.87. The molecule has 0 saturated heterocycles. The maximum Gasteiger partial charge on any atom is 0.175 e. The van der Waals surface area contributed by atoms with E-state index in [2.05, 4.69) is 0 Å². The Labute approximate surface area is 96.0 Å². The van der Waals surface area contributed by atoms with Gasteiger partial charge in [-0.05, 0) is 37.5 Å². The van der Waals surface area contributed by atoms with Crippen LogP contribution in [0.4, 0.5) is 0 Å². The second kappa shape index (κ2) is 3.57. The first kappa shape index (κ1) is 11.6. The summed E-state index contributed by atoms with van der Waals surface area (Å²) < 4.78 is 22.6. The van der Waals surface area contributed by atoms with Crippen LogP contribution in [0.15, 0.2) is 29.2 Å². The fourth-order valence-electron chi connectivity index (χ4n) is 2.12. The van der Waals surface area contributed by atoms with Gasteiger partial charge in [-0.25, -0.2) is 8.42 Å². The first-order valence-corrected chi connectivity index (χ1v) is 7.24. The summed E-state index contributed by atoms with van der Waals surface area (Å²) >= 11 is 0. The van der Waals surface area contributed by atoms with Crippen LogP contribution in [0.1, 0.15) is 25.3 Å². The van der Waals surface area contributed by atoms with Crippen molar-refractivity contribution in [3.63, 3.8) is 0 Å². The molecule has 3 nitrogen and oxygen atoms in total. The summed E-state index contributed by atoms with van der Waals surface area (Å²) in [4.78, 5) is 0.331. The summed E-state index contributed by atoms with van der Waals surface area (Å²) in [7, 11) is -3.13. The first-order chi connectivity index (χ1) is 7.36. The van der Waals surface area contributed by atoms with Gasteiger partial charge >= 0.3 is 0 Å². The largest absolute Gasteiger partial charge is 0.392 e. The molecule has 1 aliphatic carbocycles. The SMILES string of the molecule is CC(O)C1(c2ccc(S(C)(=O)=O)cc2)CC1. The van der Waals surface area contributed by atoms with Crippen LogP contribution in [0, 0.1) is 0 Å². The van der Waals surface area contributed by atoms with E-state index in [-0.39, 0.29) is 11.5 Å². The van der Waals surface area contributed by atoms with Crippen molar-refractivity contribution in [2.24, 2.45) is 0 Å². The van der Waals surface area contributed by atoms with Crippen LogP contribution in [0.3, 0.4) is 0 Å². The second-order valence-corrected chi connectivity index (χ2v) is 6.64. The molecule has 0 aromatic heterocycles. The van der Waals surface area contributed by atoms with Gasteiger partial charge in [-0.1, -0.05) is 12.1 Å². The molecule has 0 bridgehead atoms. The second-order valence-electron chi connectivity index (χ2n) is 4.63. The van der Waals surface area contributed by atoms with E-state index in [1.807, 2.05) is 12.1 Å². The van der Waals surface area contributed by atoms with Crippen molar-refractivity contribution in [1.82, 2.24) is 0 Å². The fraction of sp³-hybridized carbons (Fsp3) is 0.500. The lowest BCUT2D eigenvalue weighted by atomic mass is 9.91. The predicted octanol–water partition coefficient (Wildman–Crippen LogP) is 1.50. The Morgan fingerprint density at radius 3 is 2.06 bits per heavy atom. The Morgan fingerprint density at radius 2 is 1.75 bits per heavy atom. The van der Waals surface area contributed by atoms with Crippen LogP contribution >= 0.6 is 0 Å². The maximum absolute atomic E-state index is 11.3. The summed E-state index contributed by atoms with van der Waals surface area (Å²) in [5, 5.41) is 9.71. The zero-order chi connectivity index (χ0) is 12.0. The molecule has 0 heterocycles. The standard InChI is InChI=1S/C12H16O3S/c1-9(13)12(7-8-12)10-3-5-11(6-4-10)16(2,14)15/h3-6,9,13H,7-8H2,1-2H3. The average Bonchev–Trinajstić information content (AvgIpc) is 2.97. The molecule has 1 aromatic carbocycles. The topological polar surface area (TPSA) is 54.4 Å². The van der Waals surface area contributed by atoms with Crippen LogP contribution in [-0.2, 0) is 15.3 Å². The van der Waals surface area contributed by atoms with Crippen LogP contribution in [0.5, 0.6) is 0 Å². The molecular weight excluding hydrogens is 224 g/mol. The van der Waals surface area contributed by atoms with Gasteiger partial charge in [0.05, 0.1) is 11.0 Å². The zero-order valence-electron chi connectivity index (χ0n) is 9.47. The predicted molar refractivity (Wildman–Crippen MR) is 62.1 cm³/mol. The van der Waals surface area contributed by atoms with Crippen molar-refractivity contribution < 1.29 is 13.5 Å². The average molecular weight is 240 g/mol. The summed E-state index contributed by atoms with van der Waals surface area (Å²) in [6, 6.07) is 6.87. The molecule has 1 atom stereocenters. The Kier molecular flexibility index (Phi) is 2.59. The minimum absolute atomic E-state index is 0.129. The van der Waals surface area contributed by atoms with Gasteiger partial charge in [-0.2, -0.15) is 0 Å². The summed E-state index contributed by atoms with van der Waals surface area (Å²) in [6.07, 6.45) is 2.77. The summed E-state index contributed by atoms with van der Waals surface area (Å²) in [6.45, 7) is 1.79. The van der Waals surface area contributed by atoms with E-state index in [1.54, 1.807) is 19.1 Å². The first-order valence-electron chi connectivity index (χ1n) is 5.35. The number of hydrogen-bond donors (Lipinski definition) is 1. The Bertz CT molecular complexity index is 482. The van der Waals surface area contributed by atoms with Crippen molar-refractivity contribution in [1.29, 1.82) is 0 Å². The van der Waals surface area contributed by atoms with Crippen molar-refractivity contribution in [2.75, 3.05) is 6.26 Å². The molecule has 0 radical (unpaired) electrons. The number of rotatable bonds is 3. The van der Waals surface area contributed by atoms with E-state index in [0.29, 0.717) is 4.90 Å². The lowest BCUT2D eigenvalue weighted by Crippen LogP contribution is -2.22. The third-order valence-corrected chi connectivity index (χ3v) is 4.57. The van der Waals surface area contributed by atoms with Crippen molar-refractivity contribution in [2.45, 2.75) is 36.2 Å². The van der Waals surface area contributed by atoms with E-state index in [1.165, 1.54) is 6.26 Å². The minimum atomic E-state index is -3.13. The quantitative estimate of drug-likeness (QED) is 0.871. The normalized spacial score (nSPS) is 20.4. The van der Waals surface area contributed by atoms with Gasteiger partial charge in [0, 0.05) is 11.7 Å². The number of hydrogen-bond acceptors (Lipinski definition) is 3. The van der Waals surface area contributed by atoms with Crippen molar-refractivity contribution in [3.05, 3.63) is 29.8 Å². The Morgan fingerprint density at radius 1 is 1.25 bits per heavy atom. The van der Waals surface area contributed by atoms with Gasteiger partial charge in [-0.3, -0.25) is 0 Å². The zero-order valence-corrected chi connectivity index (χ0v) is 10.3. The Hall–Kier alpha value is -0.870. The Balaban J connectivity index is 2.34. The molecule has 16 heavy (non-hydrogen) atoms. The van der Waals surface area contributed by atoms with Crippen LogP contribution in [0.25, 0.3) is 0 Å². The molecule has 0 aliphatic heterocycles. The molecule has 2 rings (SSSR count). The van der Waals surface area contributed by atoms with Crippen LogP contribution in [0.2, 0.25) is 0 Å². The highest BCUT2D eigenvalue weighted by Crippen LogP contribution is 2.50. The molecular formula is C12H16O3S. The van der Waals surface area contributed by atoms with E-state index >= 15 is 0 Å². The van der Waals surface area contributed by atoms with Crippen molar-refractivity contribution in [3.8, 4) is 0 Å². The highest BCUT2D eigenvalue weighted by molar-refractivity contribution is 7.90. The molecule has 1 unspecified atom stereocenters. The molecule has 1 aromatic rings. The molecule has 88 valence electrons. The summed E-state index contributed by atoms with van der Waals surface area (Å²) in [5.74, 6) is 0. The fourth-order valence-corrected chi connectivity index (χ4v) is 2.75. The van der Waals surface area contributed by atoms with Crippen LogP contribution in [-0.4, -0.2) is 25.9 Å². The van der Waals surface area contributed by atoms with E-state index < -0.39 is 9.84 Å². The number of aliphatic hydroxyl groups is 1. The van der Waals surface area contributed by atoms with Gasteiger partial charge in [0.25, 0.3) is 0 Å². The minimum Gasteiger partial charge on any atom is -0.392 e. The highest BCUT2D eigenvalue weighted by Gasteiger charge is 2.48. The van der Waals surface area contributed by atoms with Gasteiger partial charge in [-0.15, -0.1) is 0 Å². The van der Waals surface area contributed by atoms with E-state index in [9.17, 15) is 13.5 Å². The molecule has 1 fully saturated rings. The van der Waals surface area contributed by atoms with Gasteiger partial charge < -0.3 is 5.11 Å².